The zero-order valence-electron chi connectivity index (χ0n) is 8.87. The van der Waals surface area contributed by atoms with E-state index in [1.54, 1.807) is 0 Å². The van der Waals surface area contributed by atoms with Crippen molar-refractivity contribution >= 4 is 0 Å². The summed E-state index contributed by atoms with van der Waals surface area (Å²) in [5.74, 6) is 0.912. The molecule has 0 aromatic heterocycles. The first kappa shape index (κ1) is 11.0. The molecule has 0 fully saturated rings. The van der Waals surface area contributed by atoms with Crippen molar-refractivity contribution < 1.29 is 9.94 Å². The van der Waals surface area contributed by atoms with E-state index < -0.39 is 0 Å². The smallest absolute Gasteiger partial charge is 0.125 e. The van der Waals surface area contributed by atoms with E-state index in [0.717, 1.165) is 16.9 Å². The topological polar surface area (TPSA) is 41.5 Å². The molecule has 0 radical (unpaired) electrons. The molecule has 0 aliphatic heterocycles. The van der Waals surface area contributed by atoms with E-state index in [0.29, 0.717) is 6.61 Å². The van der Waals surface area contributed by atoms with Crippen LogP contribution in [0.2, 0.25) is 0 Å². The SMILES string of the molecule is Cc1cccc(C)c1OC[C@@H](C)NO. The van der Waals surface area contributed by atoms with Crippen molar-refractivity contribution in [2.75, 3.05) is 6.61 Å². The lowest BCUT2D eigenvalue weighted by molar-refractivity contribution is 0.105. The van der Waals surface area contributed by atoms with Crippen LogP contribution in [0.25, 0.3) is 0 Å². The third-order valence-corrected chi connectivity index (χ3v) is 2.11. The van der Waals surface area contributed by atoms with Gasteiger partial charge in [-0.1, -0.05) is 18.2 Å². The van der Waals surface area contributed by atoms with Gasteiger partial charge in [0.2, 0.25) is 0 Å². The van der Waals surface area contributed by atoms with E-state index in [1.807, 2.05) is 39.0 Å². The van der Waals surface area contributed by atoms with E-state index >= 15 is 0 Å². The Kier molecular flexibility index (Phi) is 3.92. The van der Waals surface area contributed by atoms with E-state index in [9.17, 15) is 0 Å². The van der Waals surface area contributed by atoms with Crippen LogP contribution in [0.1, 0.15) is 18.1 Å². The summed E-state index contributed by atoms with van der Waals surface area (Å²) >= 11 is 0. The Hall–Kier alpha value is -1.06. The summed E-state index contributed by atoms with van der Waals surface area (Å²) in [4.78, 5) is 0. The van der Waals surface area contributed by atoms with Gasteiger partial charge in [0.1, 0.15) is 12.4 Å². The largest absolute Gasteiger partial charge is 0.491 e. The predicted octanol–water partition coefficient (Wildman–Crippen LogP) is 2.05. The van der Waals surface area contributed by atoms with Crippen LogP contribution in [0.5, 0.6) is 5.75 Å². The first-order valence-corrected chi connectivity index (χ1v) is 4.73. The fourth-order valence-electron chi connectivity index (χ4n) is 1.27. The average molecular weight is 195 g/mol. The second-order valence-electron chi connectivity index (χ2n) is 3.56. The second kappa shape index (κ2) is 4.98. The van der Waals surface area contributed by atoms with E-state index in [1.165, 1.54) is 0 Å². The first-order chi connectivity index (χ1) is 6.65. The second-order valence-corrected chi connectivity index (χ2v) is 3.56. The molecule has 3 nitrogen and oxygen atoms in total. The maximum Gasteiger partial charge on any atom is 0.125 e. The number of hydrogen-bond donors (Lipinski definition) is 2. The molecule has 0 unspecified atom stereocenters. The van der Waals surface area contributed by atoms with E-state index in [2.05, 4.69) is 5.48 Å². The normalized spacial score (nSPS) is 12.6. The minimum Gasteiger partial charge on any atom is -0.491 e. The molecule has 0 bridgehead atoms. The lowest BCUT2D eigenvalue weighted by Gasteiger charge is -2.14. The van der Waals surface area contributed by atoms with Gasteiger partial charge in [-0.05, 0) is 31.9 Å². The molecule has 1 rings (SSSR count). The van der Waals surface area contributed by atoms with Crippen molar-refractivity contribution in [1.82, 2.24) is 5.48 Å². The first-order valence-electron chi connectivity index (χ1n) is 4.73. The fraction of sp³-hybridized carbons (Fsp3) is 0.455. The molecular formula is C11H17NO2. The van der Waals surface area contributed by atoms with Gasteiger partial charge in [0.25, 0.3) is 0 Å². The zero-order valence-corrected chi connectivity index (χ0v) is 8.87. The number of benzene rings is 1. The van der Waals surface area contributed by atoms with Crippen molar-refractivity contribution in [3.8, 4) is 5.75 Å². The van der Waals surface area contributed by atoms with Gasteiger partial charge in [0, 0.05) is 0 Å². The number of hydroxylamine groups is 1. The molecule has 14 heavy (non-hydrogen) atoms. The molecule has 0 saturated heterocycles. The number of ether oxygens (including phenoxy) is 1. The molecule has 0 heterocycles. The van der Waals surface area contributed by atoms with Crippen LogP contribution < -0.4 is 10.2 Å². The quantitative estimate of drug-likeness (QED) is 0.722. The Morgan fingerprint density at radius 3 is 2.43 bits per heavy atom. The summed E-state index contributed by atoms with van der Waals surface area (Å²) < 4.78 is 5.60. The van der Waals surface area contributed by atoms with Crippen LogP contribution in [-0.2, 0) is 0 Å². The number of nitrogens with one attached hydrogen (secondary N) is 1. The highest BCUT2D eigenvalue weighted by molar-refractivity contribution is 5.39. The lowest BCUT2D eigenvalue weighted by Crippen LogP contribution is -2.28. The van der Waals surface area contributed by atoms with Crippen molar-refractivity contribution in [2.24, 2.45) is 0 Å². The third kappa shape index (κ3) is 2.72. The summed E-state index contributed by atoms with van der Waals surface area (Å²) in [7, 11) is 0. The number of aryl methyl sites for hydroxylation is 2. The van der Waals surface area contributed by atoms with Crippen molar-refractivity contribution in [3.63, 3.8) is 0 Å². The van der Waals surface area contributed by atoms with Gasteiger partial charge in [-0.25, -0.2) is 0 Å². The van der Waals surface area contributed by atoms with Crippen LogP contribution in [0, 0.1) is 13.8 Å². The molecule has 1 atom stereocenters. The Labute approximate surface area is 84.7 Å². The molecular weight excluding hydrogens is 178 g/mol. The van der Waals surface area contributed by atoms with E-state index in [4.69, 9.17) is 9.94 Å². The highest BCUT2D eigenvalue weighted by Crippen LogP contribution is 2.22. The van der Waals surface area contributed by atoms with Gasteiger partial charge in [0.05, 0.1) is 6.04 Å². The molecule has 0 aliphatic carbocycles. The van der Waals surface area contributed by atoms with Gasteiger partial charge in [-0.3, -0.25) is 0 Å². The molecule has 78 valence electrons. The molecule has 1 aromatic carbocycles. The standard InChI is InChI=1S/C11H17NO2/c1-8-5-4-6-9(2)11(8)14-7-10(3)12-13/h4-6,10,12-13H,7H2,1-3H3/t10-/m1/s1. The third-order valence-electron chi connectivity index (χ3n) is 2.11. The maximum absolute atomic E-state index is 8.62. The summed E-state index contributed by atoms with van der Waals surface area (Å²) in [6.07, 6.45) is 0. The van der Waals surface area contributed by atoms with Crippen molar-refractivity contribution in [3.05, 3.63) is 29.3 Å². The molecule has 1 aromatic rings. The van der Waals surface area contributed by atoms with E-state index in [-0.39, 0.29) is 6.04 Å². The number of para-hydroxylation sites is 1. The maximum atomic E-state index is 8.62. The Bertz CT molecular complexity index is 279. The van der Waals surface area contributed by atoms with Gasteiger partial charge in [-0.2, -0.15) is 5.48 Å². The zero-order chi connectivity index (χ0) is 10.6. The van der Waals surface area contributed by atoms with Gasteiger partial charge >= 0.3 is 0 Å². The Balaban J connectivity index is 2.66. The summed E-state index contributed by atoms with van der Waals surface area (Å²) in [6, 6.07) is 5.97. The molecule has 3 heteroatoms. The molecule has 0 spiro atoms. The minimum absolute atomic E-state index is 0.0611. The average Bonchev–Trinajstić information content (AvgIpc) is 2.16. The summed E-state index contributed by atoms with van der Waals surface area (Å²) in [6.45, 7) is 6.34. The van der Waals surface area contributed by atoms with Crippen molar-refractivity contribution in [1.29, 1.82) is 0 Å². The Morgan fingerprint density at radius 1 is 1.36 bits per heavy atom. The van der Waals surface area contributed by atoms with Gasteiger partial charge in [-0.15, -0.1) is 0 Å². The van der Waals surface area contributed by atoms with Crippen LogP contribution in [0.15, 0.2) is 18.2 Å². The summed E-state index contributed by atoms with van der Waals surface area (Å²) in [5.41, 5.74) is 4.39. The van der Waals surface area contributed by atoms with Crippen LogP contribution >= 0.6 is 0 Å². The molecule has 0 saturated carbocycles. The Morgan fingerprint density at radius 2 is 1.93 bits per heavy atom. The molecule has 0 amide bonds. The number of hydrogen-bond acceptors (Lipinski definition) is 3. The van der Waals surface area contributed by atoms with Crippen LogP contribution in [0.3, 0.4) is 0 Å². The highest BCUT2D eigenvalue weighted by Gasteiger charge is 2.05. The lowest BCUT2D eigenvalue weighted by atomic mass is 10.1. The monoisotopic (exact) mass is 195 g/mol. The fourth-order valence-corrected chi connectivity index (χ4v) is 1.27. The molecule has 0 aliphatic rings. The van der Waals surface area contributed by atoms with Gasteiger partial charge in [0.15, 0.2) is 0 Å². The van der Waals surface area contributed by atoms with Crippen LogP contribution in [-0.4, -0.2) is 17.9 Å². The summed E-state index contributed by atoms with van der Waals surface area (Å²) in [5, 5.41) is 8.62. The minimum atomic E-state index is -0.0611. The highest BCUT2D eigenvalue weighted by atomic mass is 16.5. The predicted molar refractivity (Wildman–Crippen MR) is 55.8 cm³/mol. The number of rotatable bonds is 4. The van der Waals surface area contributed by atoms with Crippen molar-refractivity contribution in [2.45, 2.75) is 26.8 Å². The van der Waals surface area contributed by atoms with Gasteiger partial charge < -0.3 is 9.94 Å². The van der Waals surface area contributed by atoms with Crippen LogP contribution in [0.4, 0.5) is 0 Å². The molecule has 2 N–H and O–H groups in total.